The molecule has 0 aromatic carbocycles. The molecule has 0 amide bonds. The molecule has 1 unspecified atom stereocenters. The minimum atomic E-state index is 0.618. The van der Waals surface area contributed by atoms with Crippen molar-refractivity contribution in [3.8, 4) is 0 Å². The van der Waals surface area contributed by atoms with Gasteiger partial charge in [0.1, 0.15) is 5.82 Å². The van der Waals surface area contributed by atoms with Crippen LogP contribution in [0.2, 0.25) is 0 Å². The molecule has 1 aromatic heterocycles. The largest absolute Gasteiger partial charge is 0.354 e. The molecule has 1 fully saturated rings. The summed E-state index contributed by atoms with van der Waals surface area (Å²) in [7, 11) is 4.32. The molecule has 5 nitrogen and oxygen atoms in total. The zero-order valence-electron chi connectivity index (χ0n) is 13.0. The lowest BCUT2D eigenvalue weighted by atomic mass is 10.1. The summed E-state index contributed by atoms with van der Waals surface area (Å²) in [6.45, 7) is 6.14. The molecular formula is C15H27N5. The highest BCUT2D eigenvalue weighted by Crippen LogP contribution is 2.19. The van der Waals surface area contributed by atoms with Gasteiger partial charge in [0.25, 0.3) is 0 Å². The van der Waals surface area contributed by atoms with Gasteiger partial charge in [0.2, 0.25) is 0 Å². The standard InChI is InChI=1S/C15H27N5/c1-4-7-16-9-13-10-17-11-15(18-13)20-8-5-6-14(12-20)19(2)3/h10-11,14,16H,4-9,12H2,1-3H3. The Morgan fingerprint density at radius 1 is 1.40 bits per heavy atom. The topological polar surface area (TPSA) is 44.3 Å². The summed E-state index contributed by atoms with van der Waals surface area (Å²) in [4.78, 5) is 13.8. The van der Waals surface area contributed by atoms with Crippen LogP contribution in [0.5, 0.6) is 0 Å². The Morgan fingerprint density at radius 3 is 3.00 bits per heavy atom. The highest BCUT2D eigenvalue weighted by molar-refractivity contribution is 5.37. The smallest absolute Gasteiger partial charge is 0.147 e. The molecule has 5 heteroatoms. The van der Waals surface area contributed by atoms with Gasteiger partial charge in [0.15, 0.2) is 0 Å². The summed E-state index contributed by atoms with van der Waals surface area (Å²) < 4.78 is 0. The second-order valence-electron chi connectivity index (χ2n) is 5.75. The maximum atomic E-state index is 4.74. The van der Waals surface area contributed by atoms with E-state index in [1.807, 2.05) is 12.4 Å². The van der Waals surface area contributed by atoms with E-state index in [0.717, 1.165) is 44.1 Å². The summed E-state index contributed by atoms with van der Waals surface area (Å²) in [5.74, 6) is 1.02. The van der Waals surface area contributed by atoms with E-state index < -0.39 is 0 Å². The summed E-state index contributed by atoms with van der Waals surface area (Å²) in [6.07, 6.45) is 7.39. The van der Waals surface area contributed by atoms with Gasteiger partial charge in [-0.15, -0.1) is 0 Å². The zero-order valence-corrected chi connectivity index (χ0v) is 13.0. The first-order valence-corrected chi connectivity index (χ1v) is 7.63. The Balaban J connectivity index is 1.99. The number of hydrogen-bond acceptors (Lipinski definition) is 5. The quantitative estimate of drug-likeness (QED) is 0.799. The minimum absolute atomic E-state index is 0.618. The van der Waals surface area contributed by atoms with E-state index in [1.54, 1.807) is 0 Å². The summed E-state index contributed by atoms with van der Waals surface area (Å²) in [6, 6.07) is 0.618. The van der Waals surface area contributed by atoms with Crippen LogP contribution in [0.25, 0.3) is 0 Å². The lowest BCUT2D eigenvalue weighted by Crippen LogP contribution is -2.45. The van der Waals surface area contributed by atoms with E-state index in [2.05, 4.69) is 41.1 Å². The first-order valence-electron chi connectivity index (χ1n) is 7.63. The van der Waals surface area contributed by atoms with Crippen LogP contribution in [0.1, 0.15) is 31.9 Å². The lowest BCUT2D eigenvalue weighted by molar-refractivity contribution is 0.257. The monoisotopic (exact) mass is 277 g/mol. The van der Waals surface area contributed by atoms with Crippen LogP contribution in [0.3, 0.4) is 0 Å². The van der Waals surface area contributed by atoms with E-state index in [0.29, 0.717) is 6.04 Å². The van der Waals surface area contributed by atoms with E-state index in [1.165, 1.54) is 12.8 Å². The molecule has 1 aliphatic rings. The number of piperidine rings is 1. The van der Waals surface area contributed by atoms with Gasteiger partial charge in [-0.2, -0.15) is 0 Å². The number of aromatic nitrogens is 2. The van der Waals surface area contributed by atoms with Crippen molar-refractivity contribution >= 4 is 5.82 Å². The van der Waals surface area contributed by atoms with Gasteiger partial charge in [-0.1, -0.05) is 6.92 Å². The minimum Gasteiger partial charge on any atom is -0.354 e. The highest BCUT2D eigenvalue weighted by atomic mass is 15.2. The van der Waals surface area contributed by atoms with Crippen LogP contribution < -0.4 is 10.2 Å². The molecule has 1 atom stereocenters. The van der Waals surface area contributed by atoms with Gasteiger partial charge < -0.3 is 15.1 Å². The van der Waals surface area contributed by atoms with Crippen molar-refractivity contribution in [2.75, 3.05) is 38.6 Å². The molecular weight excluding hydrogens is 250 g/mol. The Labute approximate surface area is 122 Å². The maximum Gasteiger partial charge on any atom is 0.147 e. The van der Waals surface area contributed by atoms with E-state index >= 15 is 0 Å². The SMILES string of the molecule is CCCNCc1cncc(N2CCCC(N(C)C)C2)n1. The second kappa shape index (κ2) is 7.55. The van der Waals surface area contributed by atoms with Crippen molar-refractivity contribution in [1.29, 1.82) is 0 Å². The Morgan fingerprint density at radius 2 is 2.25 bits per heavy atom. The van der Waals surface area contributed by atoms with E-state index in [9.17, 15) is 0 Å². The average Bonchev–Trinajstić information content (AvgIpc) is 2.48. The van der Waals surface area contributed by atoms with Crippen LogP contribution in [-0.2, 0) is 6.54 Å². The third kappa shape index (κ3) is 4.15. The molecule has 1 N–H and O–H groups in total. The van der Waals surface area contributed by atoms with Crippen molar-refractivity contribution in [3.63, 3.8) is 0 Å². The molecule has 0 spiro atoms. The third-order valence-electron chi connectivity index (χ3n) is 3.86. The lowest BCUT2D eigenvalue weighted by Gasteiger charge is -2.36. The molecule has 1 aliphatic heterocycles. The van der Waals surface area contributed by atoms with Crippen LogP contribution in [0, 0.1) is 0 Å². The van der Waals surface area contributed by atoms with Crippen LogP contribution in [0.15, 0.2) is 12.4 Å². The fourth-order valence-electron chi connectivity index (χ4n) is 2.61. The normalized spacial score (nSPS) is 19.6. The Hall–Kier alpha value is -1.20. The fourth-order valence-corrected chi connectivity index (χ4v) is 2.61. The van der Waals surface area contributed by atoms with Crippen molar-refractivity contribution in [2.45, 2.75) is 38.8 Å². The van der Waals surface area contributed by atoms with Gasteiger partial charge in [-0.05, 0) is 39.9 Å². The predicted molar refractivity (Wildman–Crippen MR) is 83.0 cm³/mol. The van der Waals surface area contributed by atoms with Gasteiger partial charge in [-0.25, -0.2) is 4.98 Å². The third-order valence-corrected chi connectivity index (χ3v) is 3.86. The molecule has 112 valence electrons. The molecule has 0 bridgehead atoms. The van der Waals surface area contributed by atoms with Gasteiger partial charge in [0, 0.05) is 31.9 Å². The van der Waals surface area contributed by atoms with Crippen LogP contribution >= 0.6 is 0 Å². The molecule has 0 aliphatic carbocycles. The molecule has 1 saturated heterocycles. The van der Waals surface area contributed by atoms with E-state index in [4.69, 9.17) is 4.98 Å². The first-order chi connectivity index (χ1) is 9.70. The molecule has 0 saturated carbocycles. The van der Waals surface area contributed by atoms with Crippen molar-refractivity contribution < 1.29 is 0 Å². The zero-order chi connectivity index (χ0) is 14.4. The number of rotatable bonds is 6. The summed E-state index contributed by atoms with van der Waals surface area (Å²) in [5, 5.41) is 3.38. The number of nitrogens with zero attached hydrogens (tertiary/aromatic N) is 4. The Bertz CT molecular complexity index is 407. The number of anilines is 1. The summed E-state index contributed by atoms with van der Waals surface area (Å²) in [5.41, 5.74) is 1.03. The predicted octanol–water partition coefficient (Wildman–Crippen LogP) is 1.51. The van der Waals surface area contributed by atoms with Gasteiger partial charge in [0.05, 0.1) is 11.9 Å². The van der Waals surface area contributed by atoms with Crippen molar-refractivity contribution in [3.05, 3.63) is 18.1 Å². The molecule has 1 aromatic rings. The second-order valence-corrected chi connectivity index (χ2v) is 5.75. The molecule has 20 heavy (non-hydrogen) atoms. The number of likely N-dealkylation sites (N-methyl/N-ethyl adjacent to an activating group) is 1. The van der Waals surface area contributed by atoms with Gasteiger partial charge in [-0.3, -0.25) is 4.98 Å². The molecule has 0 radical (unpaired) electrons. The van der Waals surface area contributed by atoms with Crippen molar-refractivity contribution in [1.82, 2.24) is 20.2 Å². The van der Waals surface area contributed by atoms with Crippen LogP contribution in [0.4, 0.5) is 5.82 Å². The Kier molecular flexibility index (Phi) is 5.73. The highest BCUT2D eigenvalue weighted by Gasteiger charge is 2.22. The van der Waals surface area contributed by atoms with E-state index in [-0.39, 0.29) is 0 Å². The van der Waals surface area contributed by atoms with Crippen molar-refractivity contribution in [2.24, 2.45) is 0 Å². The fraction of sp³-hybridized carbons (Fsp3) is 0.733. The molecule has 2 rings (SSSR count). The van der Waals surface area contributed by atoms with Crippen LogP contribution in [-0.4, -0.2) is 54.6 Å². The average molecular weight is 277 g/mol. The number of hydrogen-bond donors (Lipinski definition) is 1. The van der Waals surface area contributed by atoms with Gasteiger partial charge >= 0.3 is 0 Å². The maximum absolute atomic E-state index is 4.74. The first kappa shape index (κ1) is 15.2. The number of nitrogens with one attached hydrogen (secondary N) is 1. The molecule has 2 heterocycles. The summed E-state index contributed by atoms with van der Waals surface area (Å²) >= 11 is 0.